The summed E-state index contributed by atoms with van der Waals surface area (Å²) >= 11 is 5.11. The van der Waals surface area contributed by atoms with Gasteiger partial charge in [0.05, 0.1) is 11.0 Å². The Morgan fingerprint density at radius 1 is 1.28 bits per heavy atom. The van der Waals surface area contributed by atoms with Crippen LogP contribution in [-0.2, 0) is 6.54 Å². The number of nitrogens with zero attached hydrogens (tertiary/aromatic N) is 3. The Bertz CT molecular complexity index is 528. The van der Waals surface area contributed by atoms with Gasteiger partial charge in [-0.3, -0.25) is 0 Å². The largest absolute Gasteiger partial charge is 0.362 e. The van der Waals surface area contributed by atoms with Gasteiger partial charge in [-0.25, -0.2) is 9.97 Å². The topological polar surface area (TPSA) is 62.7 Å². The van der Waals surface area contributed by atoms with Gasteiger partial charge in [-0.05, 0) is 29.8 Å². The molecule has 0 bridgehead atoms. The van der Waals surface area contributed by atoms with E-state index in [0.717, 1.165) is 21.8 Å². The van der Waals surface area contributed by atoms with Crippen LogP contribution in [0.4, 0.5) is 11.8 Å². The van der Waals surface area contributed by atoms with Gasteiger partial charge in [0, 0.05) is 23.8 Å². The summed E-state index contributed by atoms with van der Waals surface area (Å²) in [7, 11) is 0. The van der Waals surface area contributed by atoms with E-state index in [2.05, 4.69) is 41.5 Å². The van der Waals surface area contributed by atoms with Crippen LogP contribution in [0.25, 0.3) is 0 Å². The Hall–Kier alpha value is -1.21. The standard InChI is InChI=1S/C11H14BrN5S/c1-3-13-11-16-5-8(12)10(17-11)15-6-9-14-4-7(2)18-9/h4-5H,3,6H2,1-2H3,(H2,13,15,16,17). The maximum absolute atomic E-state index is 4.38. The number of anilines is 2. The summed E-state index contributed by atoms with van der Waals surface area (Å²) in [6.07, 6.45) is 3.61. The van der Waals surface area contributed by atoms with Gasteiger partial charge in [0.2, 0.25) is 5.95 Å². The zero-order chi connectivity index (χ0) is 13.0. The zero-order valence-electron chi connectivity index (χ0n) is 10.2. The maximum atomic E-state index is 4.38. The van der Waals surface area contributed by atoms with Gasteiger partial charge in [0.1, 0.15) is 10.8 Å². The monoisotopic (exact) mass is 327 g/mol. The molecule has 0 aliphatic rings. The first-order chi connectivity index (χ1) is 8.69. The van der Waals surface area contributed by atoms with Crippen LogP contribution in [-0.4, -0.2) is 21.5 Å². The van der Waals surface area contributed by atoms with E-state index in [0.29, 0.717) is 12.5 Å². The molecule has 2 aromatic heterocycles. The van der Waals surface area contributed by atoms with E-state index < -0.39 is 0 Å². The fraction of sp³-hybridized carbons (Fsp3) is 0.364. The van der Waals surface area contributed by atoms with Crippen LogP contribution in [0.1, 0.15) is 16.8 Å². The van der Waals surface area contributed by atoms with Crippen LogP contribution >= 0.6 is 27.3 Å². The lowest BCUT2D eigenvalue weighted by atomic mass is 10.5. The van der Waals surface area contributed by atoms with E-state index >= 15 is 0 Å². The number of rotatable bonds is 5. The average Bonchev–Trinajstić information content (AvgIpc) is 2.76. The molecule has 0 fully saturated rings. The number of aryl methyl sites for hydroxylation is 1. The number of aromatic nitrogens is 3. The fourth-order valence-electron chi connectivity index (χ4n) is 1.38. The third kappa shape index (κ3) is 3.39. The van der Waals surface area contributed by atoms with Gasteiger partial charge in [-0.1, -0.05) is 0 Å². The van der Waals surface area contributed by atoms with Crippen molar-refractivity contribution in [3.8, 4) is 0 Å². The Morgan fingerprint density at radius 3 is 2.78 bits per heavy atom. The second kappa shape index (κ2) is 6.10. The molecule has 0 aliphatic carbocycles. The molecule has 0 saturated heterocycles. The quantitative estimate of drug-likeness (QED) is 0.883. The van der Waals surface area contributed by atoms with Gasteiger partial charge in [0.15, 0.2) is 0 Å². The number of halogens is 1. The molecule has 0 amide bonds. The summed E-state index contributed by atoms with van der Waals surface area (Å²) in [5.41, 5.74) is 0. The van der Waals surface area contributed by atoms with Gasteiger partial charge in [-0.15, -0.1) is 11.3 Å². The van der Waals surface area contributed by atoms with Crippen LogP contribution in [0.15, 0.2) is 16.9 Å². The van der Waals surface area contributed by atoms with Crippen molar-refractivity contribution in [2.75, 3.05) is 17.2 Å². The number of hydrogen-bond donors (Lipinski definition) is 2. The first-order valence-corrected chi connectivity index (χ1v) is 7.21. The van der Waals surface area contributed by atoms with Gasteiger partial charge < -0.3 is 10.6 Å². The van der Waals surface area contributed by atoms with Crippen LogP contribution in [0, 0.1) is 6.92 Å². The molecule has 0 aromatic carbocycles. The van der Waals surface area contributed by atoms with E-state index in [1.807, 2.05) is 20.0 Å². The molecule has 0 atom stereocenters. The minimum Gasteiger partial charge on any atom is -0.362 e. The van der Waals surface area contributed by atoms with Gasteiger partial charge in [-0.2, -0.15) is 4.98 Å². The maximum Gasteiger partial charge on any atom is 0.224 e. The molecular weight excluding hydrogens is 314 g/mol. The molecule has 0 unspecified atom stereocenters. The molecule has 0 saturated carbocycles. The minimum absolute atomic E-state index is 0.624. The summed E-state index contributed by atoms with van der Waals surface area (Å²) in [6.45, 7) is 5.52. The number of nitrogens with one attached hydrogen (secondary N) is 2. The second-order valence-electron chi connectivity index (χ2n) is 3.64. The fourth-order valence-corrected chi connectivity index (χ4v) is 2.43. The Kier molecular flexibility index (Phi) is 4.48. The predicted molar refractivity (Wildman–Crippen MR) is 78.1 cm³/mol. The number of thiazole rings is 1. The third-order valence-corrected chi connectivity index (χ3v) is 3.65. The van der Waals surface area contributed by atoms with Crippen molar-refractivity contribution in [2.45, 2.75) is 20.4 Å². The molecule has 18 heavy (non-hydrogen) atoms. The van der Waals surface area contributed by atoms with Gasteiger partial charge in [0.25, 0.3) is 0 Å². The molecule has 7 heteroatoms. The van der Waals surface area contributed by atoms with Gasteiger partial charge >= 0.3 is 0 Å². The van der Waals surface area contributed by atoms with E-state index in [-0.39, 0.29) is 0 Å². The van der Waals surface area contributed by atoms with E-state index in [1.165, 1.54) is 4.88 Å². The van der Waals surface area contributed by atoms with Crippen molar-refractivity contribution in [3.63, 3.8) is 0 Å². The van der Waals surface area contributed by atoms with Crippen LogP contribution < -0.4 is 10.6 Å². The molecule has 2 N–H and O–H groups in total. The lowest BCUT2D eigenvalue weighted by molar-refractivity contribution is 1.03. The van der Waals surface area contributed by atoms with Crippen molar-refractivity contribution in [3.05, 3.63) is 26.8 Å². The SMILES string of the molecule is CCNc1ncc(Br)c(NCc2ncc(C)s2)n1. The molecule has 0 radical (unpaired) electrons. The average molecular weight is 328 g/mol. The zero-order valence-corrected chi connectivity index (χ0v) is 12.6. The molecule has 96 valence electrons. The summed E-state index contributed by atoms with van der Waals surface area (Å²) < 4.78 is 0.845. The Balaban J connectivity index is 2.05. The molecular formula is C11H14BrN5S. The molecule has 2 aromatic rings. The summed E-state index contributed by atoms with van der Waals surface area (Å²) in [5.74, 6) is 1.40. The molecule has 5 nitrogen and oxygen atoms in total. The predicted octanol–water partition coefficient (Wildman–Crippen LogP) is 3.05. The Morgan fingerprint density at radius 2 is 2.11 bits per heavy atom. The summed E-state index contributed by atoms with van der Waals surface area (Å²) in [5, 5.41) is 7.38. The van der Waals surface area contributed by atoms with Crippen molar-refractivity contribution in [1.82, 2.24) is 15.0 Å². The minimum atomic E-state index is 0.624. The first kappa shape index (κ1) is 13.2. The van der Waals surface area contributed by atoms with Crippen LogP contribution in [0.2, 0.25) is 0 Å². The lowest BCUT2D eigenvalue weighted by Gasteiger charge is -2.08. The highest BCUT2D eigenvalue weighted by molar-refractivity contribution is 9.10. The first-order valence-electron chi connectivity index (χ1n) is 5.60. The molecule has 2 rings (SSSR count). The third-order valence-electron chi connectivity index (χ3n) is 2.16. The normalized spacial score (nSPS) is 10.4. The van der Waals surface area contributed by atoms with Crippen molar-refractivity contribution < 1.29 is 0 Å². The summed E-state index contributed by atoms with van der Waals surface area (Å²) in [4.78, 5) is 14.1. The Labute approximate surface area is 118 Å². The van der Waals surface area contributed by atoms with Crippen molar-refractivity contribution >= 4 is 39.0 Å². The highest BCUT2D eigenvalue weighted by Gasteiger charge is 2.05. The number of hydrogen-bond acceptors (Lipinski definition) is 6. The van der Waals surface area contributed by atoms with E-state index in [9.17, 15) is 0 Å². The molecule has 0 aliphatic heterocycles. The van der Waals surface area contributed by atoms with E-state index in [1.54, 1.807) is 17.5 Å². The lowest BCUT2D eigenvalue weighted by Crippen LogP contribution is -2.06. The second-order valence-corrected chi connectivity index (χ2v) is 5.81. The smallest absolute Gasteiger partial charge is 0.224 e. The van der Waals surface area contributed by atoms with E-state index in [4.69, 9.17) is 0 Å². The summed E-state index contributed by atoms with van der Waals surface area (Å²) in [6, 6.07) is 0. The highest BCUT2D eigenvalue weighted by atomic mass is 79.9. The van der Waals surface area contributed by atoms with Crippen LogP contribution in [0.3, 0.4) is 0 Å². The molecule has 0 spiro atoms. The highest BCUT2D eigenvalue weighted by Crippen LogP contribution is 2.21. The van der Waals surface area contributed by atoms with Crippen LogP contribution in [0.5, 0.6) is 0 Å². The molecule has 2 heterocycles. The van der Waals surface area contributed by atoms with Crippen molar-refractivity contribution in [2.24, 2.45) is 0 Å². The van der Waals surface area contributed by atoms with Crippen molar-refractivity contribution in [1.29, 1.82) is 0 Å².